The number of carbonyl (C=O) groups is 3. The first-order chi connectivity index (χ1) is 10.6. The van der Waals surface area contributed by atoms with Crippen molar-refractivity contribution in [3.05, 3.63) is 33.3 Å². The van der Waals surface area contributed by atoms with Crippen LogP contribution >= 0.6 is 23.2 Å². The molecule has 0 radical (unpaired) electrons. The van der Waals surface area contributed by atoms with Crippen molar-refractivity contribution in [2.45, 2.75) is 39.8 Å². The van der Waals surface area contributed by atoms with Gasteiger partial charge in [0, 0.05) is 6.04 Å². The highest BCUT2D eigenvalue weighted by Crippen LogP contribution is 2.32. The lowest BCUT2D eigenvalue weighted by atomic mass is 10.1. The Morgan fingerprint density at radius 3 is 1.83 bits per heavy atom. The molecule has 0 aromatic heterocycles. The Kier molecular flexibility index (Phi) is 5.01. The Labute approximate surface area is 144 Å². The van der Waals surface area contributed by atoms with Crippen LogP contribution in [0.2, 0.25) is 10.0 Å². The average Bonchev–Trinajstić information content (AvgIpc) is 2.70. The number of hydrogen-bond donors (Lipinski definition) is 1. The number of nitrogens with zero attached hydrogens (tertiary/aromatic N) is 1. The van der Waals surface area contributed by atoms with Crippen molar-refractivity contribution in [1.29, 1.82) is 0 Å². The van der Waals surface area contributed by atoms with E-state index in [4.69, 9.17) is 23.2 Å². The molecule has 124 valence electrons. The van der Waals surface area contributed by atoms with Gasteiger partial charge in [0.25, 0.3) is 11.8 Å². The zero-order valence-corrected chi connectivity index (χ0v) is 14.8. The summed E-state index contributed by atoms with van der Waals surface area (Å²) in [7, 11) is 0. The predicted molar refractivity (Wildman–Crippen MR) is 88.9 cm³/mol. The van der Waals surface area contributed by atoms with Crippen LogP contribution in [0.15, 0.2) is 12.1 Å². The second-order valence-corrected chi connectivity index (χ2v) is 6.82. The first kappa shape index (κ1) is 17.8. The van der Waals surface area contributed by atoms with E-state index in [0.29, 0.717) is 0 Å². The Hall–Kier alpha value is -1.59. The van der Waals surface area contributed by atoms with Crippen molar-refractivity contribution in [3.8, 4) is 0 Å². The molecule has 0 aliphatic carbocycles. The summed E-state index contributed by atoms with van der Waals surface area (Å²) in [4.78, 5) is 38.2. The van der Waals surface area contributed by atoms with Gasteiger partial charge in [-0.2, -0.15) is 0 Å². The fraction of sp³-hybridized carbons (Fsp3) is 0.438. The predicted octanol–water partition coefficient (Wildman–Crippen LogP) is 3.14. The number of amides is 3. The third-order valence-electron chi connectivity index (χ3n) is 4.10. The van der Waals surface area contributed by atoms with Crippen LogP contribution in [0.25, 0.3) is 0 Å². The van der Waals surface area contributed by atoms with Crippen LogP contribution < -0.4 is 5.32 Å². The van der Waals surface area contributed by atoms with E-state index in [1.54, 1.807) is 0 Å². The van der Waals surface area contributed by atoms with Crippen molar-refractivity contribution in [1.82, 2.24) is 10.2 Å². The normalized spacial score (nSPS) is 16.6. The van der Waals surface area contributed by atoms with Crippen LogP contribution in [0, 0.1) is 5.92 Å². The summed E-state index contributed by atoms with van der Waals surface area (Å²) in [5.74, 6) is -1.21. The number of rotatable bonds is 4. The van der Waals surface area contributed by atoms with E-state index in [-0.39, 0.29) is 39.0 Å². The zero-order chi connectivity index (χ0) is 17.5. The highest BCUT2D eigenvalue weighted by atomic mass is 35.5. The van der Waals surface area contributed by atoms with Crippen LogP contribution in [0.3, 0.4) is 0 Å². The number of nitrogens with one attached hydrogen (secondary N) is 1. The van der Waals surface area contributed by atoms with E-state index in [1.165, 1.54) is 19.1 Å². The van der Waals surface area contributed by atoms with Crippen LogP contribution in [0.5, 0.6) is 0 Å². The highest BCUT2D eigenvalue weighted by molar-refractivity contribution is 6.43. The Morgan fingerprint density at radius 1 is 1.00 bits per heavy atom. The van der Waals surface area contributed by atoms with E-state index in [9.17, 15) is 14.4 Å². The molecule has 0 saturated carbocycles. The topological polar surface area (TPSA) is 66.5 Å². The summed E-state index contributed by atoms with van der Waals surface area (Å²) in [5.41, 5.74) is 0.335. The molecule has 2 atom stereocenters. The molecule has 7 heteroatoms. The molecule has 23 heavy (non-hydrogen) atoms. The standard InChI is InChI=1S/C16H18Cl2N2O3/c1-7(2)8(3)19-14(21)9(4)20-15(22)10-5-12(17)13(18)6-11(10)16(20)23/h5-9H,1-4H3,(H,19,21). The maximum absolute atomic E-state index is 12.5. The number of halogens is 2. The molecule has 1 aliphatic heterocycles. The van der Waals surface area contributed by atoms with Crippen molar-refractivity contribution in [2.24, 2.45) is 5.92 Å². The first-order valence-electron chi connectivity index (χ1n) is 7.32. The summed E-state index contributed by atoms with van der Waals surface area (Å²) >= 11 is 11.8. The van der Waals surface area contributed by atoms with Crippen LogP contribution in [0.1, 0.15) is 48.4 Å². The summed E-state index contributed by atoms with van der Waals surface area (Å²) in [5, 5.41) is 3.20. The highest BCUT2D eigenvalue weighted by Gasteiger charge is 2.41. The molecule has 1 N–H and O–H groups in total. The van der Waals surface area contributed by atoms with Gasteiger partial charge in [-0.3, -0.25) is 19.3 Å². The number of fused-ring (bicyclic) bond motifs is 1. The van der Waals surface area contributed by atoms with Gasteiger partial charge in [0.15, 0.2) is 0 Å². The van der Waals surface area contributed by atoms with Crippen molar-refractivity contribution in [3.63, 3.8) is 0 Å². The molecule has 0 bridgehead atoms. The van der Waals surface area contributed by atoms with Crippen molar-refractivity contribution in [2.75, 3.05) is 0 Å². The molecular weight excluding hydrogens is 339 g/mol. The van der Waals surface area contributed by atoms with Gasteiger partial charge in [-0.15, -0.1) is 0 Å². The third kappa shape index (κ3) is 3.21. The molecule has 1 aromatic carbocycles. The maximum atomic E-state index is 12.5. The van der Waals surface area contributed by atoms with Gasteiger partial charge in [-0.25, -0.2) is 0 Å². The van der Waals surface area contributed by atoms with Gasteiger partial charge in [0.05, 0.1) is 21.2 Å². The molecule has 1 aromatic rings. The van der Waals surface area contributed by atoms with E-state index in [1.807, 2.05) is 20.8 Å². The molecule has 5 nitrogen and oxygen atoms in total. The Morgan fingerprint density at radius 2 is 1.43 bits per heavy atom. The average molecular weight is 357 g/mol. The summed E-state index contributed by atoms with van der Waals surface area (Å²) < 4.78 is 0. The van der Waals surface area contributed by atoms with Gasteiger partial charge in [0.2, 0.25) is 5.91 Å². The Balaban J connectivity index is 2.26. The second kappa shape index (κ2) is 6.49. The molecule has 0 spiro atoms. The molecule has 0 saturated heterocycles. The van der Waals surface area contributed by atoms with Gasteiger partial charge < -0.3 is 5.32 Å². The largest absolute Gasteiger partial charge is 0.352 e. The SMILES string of the molecule is CC(C)C(C)NC(=O)C(C)N1C(=O)c2cc(Cl)c(Cl)cc2C1=O. The van der Waals surface area contributed by atoms with Gasteiger partial charge in [-0.05, 0) is 31.9 Å². The minimum atomic E-state index is -0.916. The molecule has 2 unspecified atom stereocenters. The van der Waals surface area contributed by atoms with E-state index in [2.05, 4.69) is 5.32 Å². The summed E-state index contributed by atoms with van der Waals surface area (Å²) in [6.07, 6.45) is 0. The van der Waals surface area contributed by atoms with Gasteiger partial charge >= 0.3 is 0 Å². The van der Waals surface area contributed by atoms with Crippen molar-refractivity contribution < 1.29 is 14.4 Å². The van der Waals surface area contributed by atoms with E-state index >= 15 is 0 Å². The maximum Gasteiger partial charge on any atom is 0.262 e. The fourth-order valence-electron chi connectivity index (χ4n) is 2.23. The molecule has 1 aliphatic rings. The van der Waals surface area contributed by atoms with E-state index < -0.39 is 17.9 Å². The quantitative estimate of drug-likeness (QED) is 0.842. The van der Waals surface area contributed by atoms with Gasteiger partial charge in [0.1, 0.15) is 6.04 Å². The van der Waals surface area contributed by atoms with Crippen LogP contribution in [-0.2, 0) is 4.79 Å². The lowest BCUT2D eigenvalue weighted by Crippen LogP contribution is -2.50. The third-order valence-corrected chi connectivity index (χ3v) is 4.82. The molecule has 2 rings (SSSR count). The van der Waals surface area contributed by atoms with Crippen LogP contribution in [-0.4, -0.2) is 34.7 Å². The minimum absolute atomic E-state index is 0.0657. The monoisotopic (exact) mass is 356 g/mol. The summed E-state index contributed by atoms with van der Waals surface area (Å²) in [6.45, 7) is 7.34. The number of benzene rings is 1. The Bertz CT molecular complexity index is 647. The molecule has 0 fully saturated rings. The smallest absolute Gasteiger partial charge is 0.262 e. The molecule has 3 amide bonds. The lowest BCUT2D eigenvalue weighted by molar-refractivity contribution is -0.125. The second-order valence-electron chi connectivity index (χ2n) is 6.01. The molecular formula is C16H18Cl2N2O3. The number of imide groups is 1. The number of carbonyl (C=O) groups excluding carboxylic acids is 3. The minimum Gasteiger partial charge on any atom is -0.352 e. The molecule has 1 heterocycles. The first-order valence-corrected chi connectivity index (χ1v) is 8.08. The van der Waals surface area contributed by atoms with Crippen molar-refractivity contribution >= 4 is 40.9 Å². The van der Waals surface area contributed by atoms with E-state index in [0.717, 1.165) is 4.90 Å². The fourth-order valence-corrected chi connectivity index (χ4v) is 2.56. The zero-order valence-electron chi connectivity index (χ0n) is 13.3. The van der Waals surface area contributed by atoms with Crippen LogP contribution in [0.4, 0.5) is 0 Å². The van der Waals surface area contributed by atoms with Gasteiger partial charge in [-0.1, -0.05) is 37.0 Å². The summed E-state index contributed by atoms with van der Waals surface area (Å²) in [6, 6.07) is 1.74. The lowest BCUT2D eigenvalue weighted by Gasteiger charge is -2.25. The number of hydrogen-bond acceptors (Lipinski definition) is 3.